The van der Waals surface area contributed by atoms with Crippen LogP contribution in [0, 0.1) is 0 Å². The third-order valence-corrected chi connectivity index (χ3v) is 5.33. The summed E-state index contributed by atoms with van der Waals surface area (Å²) in [4.78, 5) is 9.44. The van der Waals surface area contributed by atoms with Crippen LogP contribution in [0.3, 0.4) is 0 Å². The summed E-state index contributed by atoms with van der Waals surface area (Å²) >= 11 is 0. The quantitative estimate of drug-likeness (QED) is 0.375. The number of benzene rings is 2. The summed E-state index contributed by atoms with van der Waals surface area (Å²) in [6, 6.07) is 16.2. The summed E-state index contributed by atoms with van der Waals surface area (Å²) in [5.74, 6) is 1.82. The zero-order valence-electron chi connectivity index (χ0n) is 18.0. The van der Waals surface area contributed by atoms with E-state index in [0.717, 1.165) is 57.0 Å². The van der Waals surface area contributed by atoms with Gasteiger partial charge in [-0.05, 0) is 43.7 Å². The number of rotatable bonds is 9. The van der Waals surface area contributed by atoms with E-state index in [9.17, 15) is 0 Å². The molecule has 2 aromatic carbocycles. The van der Waals surface area contributed by atoms with E-state index in [1.165, 1.54) is 5.69 Å². The van der Waals surface area contributed by atoms with E-state index in [1.54, 1.807) is 14.2 Å². The number of para-hydroxylation sites is 1. The third-order valence-electron chi connectivity index (χ3n) is 5.33. The second kappa shape index (κ2) is 11.3. The van der Waals surface area contributed by atoms with Crippen LogP contribution in [0.15, 0.2) is 53.5 Å². The maximum absolute atomic E-state index is 6.04. The lowest BCUT2D eigenvalue weighted by atomic mass is 10.2. The highest BCUT2D eigenvalue weighted by Crippen LogP contribution is 2.28. The molecule has 1 saturated heterocycles. The Balaban J connectivity index is 1.35. The van der Waals surface area contributed by atoms with Gasteiger partial charge >= 0.3 is 0 Å². The molecule has 0 atom stereocenters. The molecule has 0 aliphatic carbocycles. The molecule has 1 heterocycles. The number of hydrogen-bond donors (Lipinski definition) is 2. The van der Waals surface area contributed by atoms with Crippen molar-refractivity contribution >= 4 is 17.3 Å². The van der Waals surface area contributed by atoms with Crippen LogP contribution in [0.5, 0.6) is 11.5 Å². The largest absolute Gasteiger partial charge is 0.497 e. The fourth-order valence-electron chi connectivity index (χ4n) is 3.60. The van der Waals surface area contributed by atoms with Crippen LogP contribution in [-0.4, -0.2) is 64.3 Å². The standard InChI is InChI=1S/C23H33N5O2/c1-29-20-10-11-22(30-2)21(18-20)26-23(24)25-12-6-7-13-27-14-16-28(17-15-27)19-8-4-3-5-9-19/h3-5,8-11,18H,6-7,12-17H2,1-2H3,(H3,24,25,26). The summed E-state index contributed by atoms with van der Waals surface area (Å²) in [5, 5.41) is 3.10. The van der Waals surface area contributed by atoms with Crippen molar-refractivity contribution in [3.05, 3.63) is 48.5 Å². The van der Waals surface area contributed by atoms with Gasteiger partial charge in [0.2, 0.25) is 0 Å². The van der Waals surface area contributed by atoms with Gasteiger partial charge in [0.05, 0.1) is 19.9 Å². The Labute approximate surface area is 179 Å². The van der Waals surface area contributed by atoms with Crippen LogP contribution in [-0.2, 0) is 0 Å². The van der Waals surface area contributed by atoms with E-state index < -0.39 is 0 Å². The van der Waals surface area contributed by atoms with Gasteiger partial charge in [-0.1, -0.05) is 18.2 Å². The highest BCUT2D eigenvalue weighted by Gasteiger charge is 2.16. The van der Waals surface area contributed by atoms with Gasteiger partial charge in [-0.25, -0.2) is 0 Å². The Bertz CT molecular complexity index is 804. The van der Waals surface area contributed by atoms with Gasteiger partial charge in [-0.3, -0.25) is 9.89 Å². The smallest absolute Gasteiger partial charge is 0.193 e. The van der Waals surface area contributed by atoms with Gasteiger partial charge in [0.25, 0.3) is 0 Å². The van der Waals surface area contributed by atoms with Crippen LogP contribution < -0.4 is 25.4 Å². The second-order valence-electron chi connectivity index (χ2n) is 7.33. The van der Waals surface area contributed by atoms with Crippen LogP contribution in [0.1, 0.15) is 12.8 Å². The number of nitrogens with zero attached hydrogens (tertiary/aromatic N) is 3. The van der Waals surface area contributed by atoms with Crippen molar-refractivity contribution in [3.8, 4) is 11.5 Å². The van der Waals surface area contributed by atoms with Gasteiger partial charge in [-0.15, -0.1) is 0 Å². The molecule has 1 fully saturated rings. The average molecular weight is 412 g/mol. The minimum atomic E-state index is 0.387. The van der Waals surface area contributed by atoms with Crippen LogP contribution in [0.2, 0.25) is 0 Å². The van der Waals surface area contributed by atoms with Crippen molar-refractivity contribution in [1.29, 1.82) is 0 Å². The maximum atomic E-state index is 6.04. The summed E-state index contributed by atoms with van der Waals surface area (Å²) in [6.45, 7) is 6.20. The summed E-state index contributed by atoms with van der Waals surface area (Å²) in [5.41, 5.74) is 8.11. The molecule has 1 aliphatic heterocycles. The normalized spacial score (nSPS) is 15.1. The molecule has 3 rings (SSSR count). The molecule has 1 aliphatic rings. The van der Waals surface area contributed by atoms with Crippen molar-refractivity contribution < 1.29 is 9.47 Å². The van der Waals surface area contributed by atoms with Crippen molar-refractivity contribution in [2.24, 2.45) is 10.7 Å². The van der Waals surface area contributed by atoms with E-state index in [-0.39, 0.29) is 0 Å². The number of unbranched alkanes of at least 4 members (excludes halogenated alkanes) is 1. The molecular formula is C23H33N5O2. The van der Waals surface area contributed by atoms with Crippen molar-refractivity contribution in [2.45, 2.75) is 12.8 Å². The average Bonchev–Trinajstić information content (AvgIpc) is 2.79. The number of guanidine groups is 1. The van der Waals surface area contributed by atoms with E-state index in [1.807, 2.05) is 18.2 Å². The van der Waals surface area contributed by atoms with Crippen molar-refractivity contribution in [3.63, 3.8) is 0 Å². The van der Waals surface area contributed by atoms with Crippen LogP contribution in [0.4, 0.5) is 11.4 Å². The lowest BCUT2D eigenvalue weighted by molar-refractivity contribution is 0.253. The van der Waals surface area contributed by atoms with Gasteiger partial charge in [0.1, 0.15) is 11.5 Å². The zero-order valence-corrected chi connectivity index (χ0v) is 18.0. The Morgan fingerprint density at radius 1 is 1.00 bits per heavy atom. The number of piperazine rings is 1. The first-order valence-corrected chi connectivity index (χ1v) is 10.5. The molecule has 2 aromatic rings. The lowest BCUT2D eigenvalue weighted by Gasteiger charge is -2.36. The summed E-state index contributed by atoms with van der Waals surface area (Å²) < 4.78 is 10.6. The Kier molecular flexibility index (Phi) is 8.20. The highest BCUT2D eigenvalue weighted by molar-refractivity contribution is 5.94. The minimum Gasteiger partial charge on any atom is -0.497 e. The Hall–Kier alpha value is -2.93. The van der Waals surface area contributed by atoms with E-state index in [0.29, 0.717) is 18.3 Å². The lowest BCUT2D eigenvalue weighted by Crippen LogP contribution is -2.46. The topological polar surface area (TPSA) is 75.3 Å². The van der Waals surface area contributed by atoms with Crippen LogP contribution in [0.25, 0.3) is 0 Å². The predicted octanol–water partition coefficient (Wildman–Crippen LogP) is 3.03. The molecule has 7 nitrogen and oxygen atoms in total. The zero-order chi connectivity index (χ0) is 21.2. The first-order chi connectivity index (χ1) is 14.7. The molecule has 7 heteroatoms. The number of nitrogens with two attached hydrogens (primary N) is 1. The maximum Gasteiger partial charge on any atom is 0.193 e. The minimum absolute atomic E-state index is 0.387. The number of anilines is 2. The van der Waals surface area contributed by atoms with Gasteiger partial charge in [-0.2, -0.15) is 0 Å². The molecule has 162 valence electrons. The molecule has 0 amide bonds. The van der Waals surface area contributed by atoms with E-state index >= 15 is 0 Å². The second-order valence-corrected chi connectivity index (χ2v) is 7.33. The molecule has 0 saturated carbocycles. The van der Waals surface area contributed by atoms with Gasteiger partial charge in [0.15, 0.2) is 5.96 Å². The monoisotopic (exact) mass is 411 g/mol. The number of aliphatic imine (C=N–C) groups is 1. The van der Waals surface area contributed by atoms with Crippen molar-refractivity contribution in [1.82, 2.24) is 4.90 Å². The van der Waals surface area contributed by atoms with Crippen molar-refractivity contribution in [2.75, 3.05) is 63.7 Å². The molecule has 0 unspecified atom stereocenters. The Morgan fingerprint density at radius 3 is 2.47 bits per heavy atom. The SMILES string of the molecule is COc1ccc(OC)c(NC(N)=NCCCCN2CCN(c3ccccc3)CC2)c1. The number of nitrogens with one attached hydrogen (secondary N) is 1. The molecule has 30 heavy (non-hydrogen) atoms. The van der Waals surface area contributed by atoms with Crippen LogP contribution >= 0.6 is 0 Å². The fraction of sp³-hybridized carbons (Fsp3) is 0.435. The first kappa shape index (κ1) is 21.8. The summed E-state index contributed by atoms with van der Waals surface area (Å²) in [6.07, 6.45) is 2.13. The first-order valence-electron chi connectivity index (χ1n) is 10.5. The fourth-order valence-corrected chi connectivity index (χ4v) is 3.60. The van der Waals surface area contributed by atoms with E-state index in [2.05, 4.69) is 50.4 Å². The molecule has 0 aromatic heterocycles. The molecule has 3 N–H and O–H groups in total. The highest BCUT2D eigenvalue weighted by atomic mass is 16.5. The molecular weight excluding hydrogens is 378 g/mol. The third kappa shape index (κ3) is 6.29. The van der Waals surface area contributed by atoms with Gasteiger partial charge < -0.3 is 25.4 Å². The molecule has 0 bridgehead atoms. The molecule has 0 spiro atoms. The summed E-state index contributed by atoms with van der Waals surface area (Å²) in [7, 11) is 3.25. The molecule has 0 radical (unpaired) electrons. The number of hydrogen-bond acceptors (Lipinski definition) is 5. The number of ether oxygens (including phenoxy) is 2. The number of methoxy groups -OCH3 is 2. The van der Waals surface area contributed by atoms with E-state index in [4.69, 9.17) is 15.2 Å². The van der Waals surface area contributed by atoms with Gasteiger partial charge in [0, 0.05) is 44.5 Å². The Morgan fingerprint density at radius 2 is 1.77 bits per heavy atom. The predicted molar refractivity (Wildman–Crippen MR) is 124 cm³/mol.